The third-order valence-electron chi connectivity index (χ3n) is 4.11. The van der Waals surface area contributed by atoms with E-state index in [0.717, 1.165) is 29.2 Å². The van der Waals surface area contributed by atoms with Crippen LogP contribution in [-0.4, -0.2) is 22.1 Å². The number of anilines is 1. The number of amides is 1. The van der Waals surface area contributed by atoms with E-state index in [-0.39, 0.29) is 12.5 Å². The van der Waals surface area contributed by atoms with Crippen molar-refractivity contribution in [3.8, 4) is 17.0 Å². The van der Waals surface area contributed by atoms with Crippen LogP contribution in [0, 0.1) is 13.8 Å². The van der Waals surface area contributed by atoms with E-state index in [2.05, 4.69) is 41.4 Å². The van der Waals surface area contributed by atoms with Crippen LogP contribution in [0.5, 0.6) is 5.75 Å². The van der Waals surface area contributed by atoms with Crippen LogP contribution in [0.4, 0.5) is 5.13 Å². The average molecular weight is 402 g/mol. The summed E-state index contributed by atoms with van der Waals surface area (Å²) >= 11 is 7.40. The zero-order valence-electron chi connectivity index (χ0n) is 15.2. The van der Waals surface area contributed by atoms with Gasteiger partial charge in [0.05, 0.1) is 10.7 Å². The van der Waals surface area contributed by atoms with Crippen LogP contribution < -0.4 is 10.1 Å². The number of ether oxygens (including phenoxy) is 1. The summed E-state index contributed by atoms with van der Waals surface area (Å²) in [7, 11) is 0. The van der Waals surface area contributed by atoms with E-state index >= 15 is 0 Å². The summed E-state index contributed by atoms with van der Waals surface area (Å²) in [5.41, 5.74) is 4.16. The van der Waals surface area contributed by atoms with E-state index in [1.54, 1.807) is 24.3 Å². The number of carbonyl (C=O) groups is 1. The van der Waals surface area contributed by atoms with Gasteiger partial charge in [0.2, 0.25) is 0 Å². The summed E-state index contributed by atoms with van der Waals surface area (Å²) in [6.07, 6.45) is 1.87. The average Bonchev–Trinajstić information content (AvgIpc) is 3.21. The van der Waals surface area contributed by atoms with E-state index in [0.29, 0.717) is 15.9 Å². The molecule has 27 heavy (non-hydrogen) atoms. The largest absolute Gasteiger partial charge is 0.482 e. The number of hydrogen-bond acceptors (Lipinski definition) is 4. The van der Waals surface area contributed by atoms with Crippen LogP contribution in [0.15, 0.2) is 48.4 Å². The molecule has 0 aliphatic heterocycles. The Balaban J connectivity index is 1.66. The van der Waals surface area contributed by atoms with Gasteiger partial charge in [-0.25, -0.2) is 4.98 Å². The van der Waals surface area contributed by atoms with Gasteiger partial charge in [0.25, 0.3) is 5.91 Å². The van der Waals surface area contributed by atoms with Crippen LogP contribution >= 0.6 is 22.9 Å². The Kier molecular flexibility index (Phi) is 5.98. The Morgan fingerprint density at radius 3 is 2.93 bits per heavy atom. The number of carbonyl (C=O) groups excluding carboxylic acids is 1. The molecule has 3 rings (SSSR count). The Bertz CT molecular complexity index is 978. The van der Waals surface area contributed by atoms with Crippen molar-refractivity contribution in [1.29, 1.82) is 0 Å². The van der Waals surface area contributed by atoms with Crippen molar-refractivity contribution in [3.05, 3.63) is 64.8 Å². The zero-order valence-corrected chi connectivity index (χ0v) is 16.7. The number of halogens is 1. The van der Waals surface area contributed by atoms with Crippen molar-refractivity contribution < 1.29 is 9.53 Å². The molecule has 0 atom stereocenters. The number of rotatable bonds is 7. The molecule has 0 radical (unpaired) electrons. The molecule has 7 heteroatoms. The number of nitrogens with zero attached hydrogens (tertiary/aromatic N) is 2. The second-order valence-corrected chi connectivity index (χ2v) is 7.25. The number of benzene rings is 1. The standard InChI is InChI=1S/C20H20ClN3O2S/c1-4-9-24-13(2)10-15(14(24)3)17-12-27-20(22-17)23-19(25)11-26-18-8-6-5-7-16(18)21/h4-8,10,12H,1,9,11H2,2-3H3,(H,22,23,25). The molecule has 1 aromatic carbocycles. The smallest absolute Gasteiger partial charge is 0.264 e. The Hall–Kier alpha value is -2.57. The molecule has 1 amide bonds. The minimum absolute atomic E-state index is 0.132. The number of hydrogen-bond donors (Lipinski definition) is 1. The third-order valence-corrected chi connectivity index (χ3v) is 5.18. The monoisotopic (exact) mass is 401 g/mol. The minimum Gasteiger partial charge on any atom is -0.482 e. The summed E-state index contributed by atoms with van der Waals surface area (Å²) in [5, 5.41) is 5.70. The maximum absolute atomic E-state index is 12.1. The molecule has 2 heterocycles. The molecule has 0 bridgehead atoms. The van der Waals surface area contributed by atoms with E-state index in [1.807, 2.05) is 11.5 Å². The summed E-state index contributed by atoms with van der Waals surface area (Å²) in [6.45, 7) is 8.54. The molecule has 0 fully saturated rings. The molecule has 0 saturated carbocycles. The quantitative estimate of drug-likeness (QED) is 0.561. The maximum atomic E-state index is 12.1. The Morgan fingerprint density at radius 1 is 1.41 bits per heavy atom. The Morgan fingerprint density at radius 2 is 2.19 bits per heavy atom. The van der Waals surface area contributed by atoms with Gasteiger partial charge >= 0.3 is 0 Å². The highest BCUT2D eigenvalue weighted by Gasteiger charge is 2.14. The van der Waals surface area contributed by atoms with Crippen molar-refractivity contribution >= 4 is 34.0 Å². The first-order valence-electron chi connectivity index (χ1n) is 8.40. The van der Waals surface area contributed by atoms with Crippen molar-refractivity contribution in [2.75, 3.05) is 11.9 Å². The fourth-order valence-corrected chi connectivity index (χ4v) is 3.70. The van der Waals surface area contributed by atoms with Crippen LogP contribution in [0.1, 0.15) is 11.4 Å². The molecule has 5 nitrogen and oxygen atoms in total. The van der Waals surface area contributed by atoms with Gasteiger partial charge in [-0.3, -0.25) is 10.1 Å². The summed E-state index contributed by atoms with van der Waals surface area (Å²) < 4.78 is 7.63. The molecule has 0 spiro atoms. The number of nitrogens with one attached hydrogen (secondary N) is 1. The van der Waals surface area contributed by atoms with Crippen LogP contribution in [0.3, 0.4) is 0 Å². The summed E-state index contributed by atoms with van der Waals surface area (Å²) in [5.74, 6) is 0.191. The Labute approximate surface area is 167 Å². The lowest BCUT2D eigenvalue weighted by Crippen LogP contribution is -2.20. The number of thiazole rings is 1. The molecule has 3 aromatic rings. The zero-order chi connectivity index (χ0) is 19.4. The molecule has 0 unspecified atom stereocenters. The molecule has 2 aromatic heterocycles. The van der Waals surface area contributed by atoms with E-state index in [4.69, 9.17) is 16.3 Å². The highest BCUT2D eigenvalue weighted by Crippen LogP contribution is 2.30. The lowest BCUT2D eigenvalue weighted by Gasteiger charge is -2.07. The number of aromatic nitrogens is 2. The van der Waals surface area contributed by atoms with E-state index in [1.165, 1.54) is 11.3 Å². The van der Waals surface area contributed by atoms with Gasteiger partial charge in [-0.2, -0.15) is 0 Å². The van der Waals surface area contributed by atoms with E-state index in [9.17, 15) is 4.79 Å². The highest BCUT2D eigenvalue weighted by atomic mass is 35.5. The predicted octanol–water partition coefficient (Wildman–Crippen LogP) is 5.09. The minimum atomic E-state index is -0.284. The first-order valence-corrected chi connectivity index (χ1v) is 9.66. The second kappa shape index (κ2) is 8.41. The van der Waals surface area contributed by atoms with Gasteiger partial charge < -0.3 is 9.30 Å². The lowest BCUT2D eigenvalue weighted by atomic mass is 10.2. The third kappa shape index (κ3) is 4.40. The fraction of sp³-hybridized carbons (Fsp3) is 0.200. The van der Waals surface area contributed by atoms with Crippen molar-refractivity contribution in [3.63, 3.8) is 0 Å². The number of allylic oxidation sites excluding steroid dienone is 1. The topological polar surface area (TPSA) is 56.2 Å². The van der Waals surface area contributed by atoms with E-state index < -0.39 is 0 Å². The molecule has 140 valence electrons. The first kappa shape index (κ1) is 19.2. The second-order valence-electron chi connectivity index (χ2n) is 5.99. The van der Waals surface area contributed by atoms with Gasteiger partial charge in [0.1, 0.15) is 5.75 Å². The van der Waals surface area contributed by atoms with Crippen LogP contribution in [-0.2, 0) is 11.3 Å². The number of aryl methyl sites for hydroxylation is 1. The molecule has 1 N–H and O–H groups in total. The van der Waals surface area contributed by atoms with Crippen molar-refractivity contribution in [2.24, 2.45) is 0 Å². The molecular formula is C20H20ClN3O2S. The number of para-hydroxylation sites is 1. The SMILES string of the molecule is C=CCn1c(C)cc(-c2csc(NC(=O)COc3ccccc3Cl)n2)c1C. The summed E-state index contributed by atoms with van der Waals surface area (Å²) in [6, 6.07) is 9.13. The molecule has 0 saturated heterocycles. The molecular weight excluding hydrogens is 382 g/mol. The normalized spacial score (nSPS) is 10.6. The maximum Gasteiger partial charge on any atom is 0.264 e. The molecule has 0 aliphatic carbocycles. The predicted molar refractivity (Wildman–Crippen MR) is 111 cm³/mol. The fourth-order valence-electron chi connectivity index (χ4n) is 2.79. The van der Waals surface area contributed by atoms with Gasteiger partial charge in [-0.15, -0.1) is 17.9 Å². The van der Waals surface area contributed by atoms with Gasteiger partial charge in [0.15, 0.2) is 11.7 Å². The van der Waals surface area contributed by atoms with Crippen molar-refractivity contribution in [1.82, 2.24) is 9.55 Å². The van der Waals surface area contributed by atoms with Crippen LogP contribution in [0.25, 0.3) is 11.3 Å². The molecule has 0 aliphatic rings. The first-order chi connectivity index (χ1) is 13.0. The van der Waals surface area contributed by atoms with Gasteiger partial charge in [-0.1, -0.05) is 29.8 Å². The highest BCUT2D eigenvalue weighted by molar-refractivity contribution is 7.14. The van der Waals surface area contributed by atoms with Gasteiger partial charge in [-0.05, 0) is 32.0 Å². The lowest BCUT2D eigenvalue weighted by molar-refractivity contribution is -0.118. The van der Waals surface area contributed by atoms with Crippen molar-refractivity contribution in [2.45, 2.75) is 20.4 Å². The van der Waals surface area contributed by atoms with Gasteiger partial charge in [0, 0.05) is 28.9 Å². The van der Waals surface area contributed by atoms with Crippen LogP contribution in [0.2, 0.25) is 5.02 Å². The summed E-state index contributed by atoms with van der Waals surface area (Å²) in [4.78, 5) is 16.7.